The fourth-order valence-electron chi connectivity index (χ4n) is 1.65. The number of anilines is 2. The maximum atomic E-state index is 5.74. The lowest BCUT2D eigenvalue weighted by molar-refractivity contribution is 1.05. The number of hydrogen-bond acceptors (Lipinski definition) is 4. The van der Waals surface area contributed by atoms with E-state index in [4.69, 9.17) is 23.2 Å². The molecule has 2 aromatic rings. The van der Waals surface area contributed by atoms with Gasteiger partial charge in [-0.1, -0.05) is 25.1 Å². The molecule has 0 aliphatic heterocycles. The van der Waals surface area contributed by atoms with Gasteiger partial charge >= 0.3 is 0 Å². The Kier molecular flexibility index (Phi) is 4.93. The highest BCUT2D eigenvalue weighted by Gasteiger charge is 2.04. The van der Waals surface area contributed by atoms with Gasteiger partial charge in [-0.15, -0.1) is 0 Å². The first kappa shape index (κ1) is 14.8. The van der Waals surface area contributed by atoms with Crippen molar-refractivity contribution in [3.05, 3.63) is 46.0 Å². The lowest BCUT2D eigenvalue weighted by atomic mass is 10.1. The topological polar surface area (TPSA) is 50.7 Å². The molecule has 1 aromatic carbocycles. The Balaban J connectivity index is 2.27. The molecule has 0 amide bonds. The number of rotatable bonds is 4. The van der Waals surface area contributed by atoms with Crippen molar-refractivity contribution in [2.45, 2.75) is 20.3 Å². The van der Waals surface area contributed by atoms with Crippen LogP contribution >= 0.6 is 23.2 Å². The number of aromatic nitrogens is 3. The number of nitrogens with one attached hydrogen (secondary N) is 1. The van der Waals surface area contributed by atoms with E-state index in [9.17, 15) is 0 Å². The first-order chi connectivity index (χ1) is 9.58. The fraction of sp³-hybridized carbons (Fsp3) is 0.214. The molecule has 104 valence electrons. The predicted molar refractivity (Wildman–Crippen MR) is 83.6 cm³/mol. The maximum Gasteiger partial charge on any atom is 0.232 e. The van der Waals surface area contributed by atoms with Crippen molar-refractivity contribution >= 4 is 40.9 Å². The van der Waals surface area contributed by atoms with Crippen LogP contribution in [0.1, 0.15) is 24.5 Å². The first-order valence-electron chi connectivity index (χ1n) is 6.20. The van der Waals surface area contributed by atoms with Crippen LogP contribution in [0.3, 0.4) is 0 Å². The Hall–Kier alpha value is -1.65. The lowest BCUT2D eigenvalue weighted by Crippen LogP contribution is -1.99. The highest BCUT2D eigenvalue weighted by atomic mass is 35.5. The van der Waals surface area contributed by atoms with Gasteiger partial charge in [0.2, 0.25) is 16.5 Å². The molecule has 0 fully saturated rings. The normalized spacial score (nSPS) is 11.0. The molecule has 0 atom stereocenters. The molecule has 0 spiro atoms. The molecular formula is C14H14Cl2N4. The summed E-state index contributed by atoms with van der Waals surface area (Å²) < 4.78 is 0. The standard InChI is InChI=1S/C14H14Cl2N4/c1-3-4-5-10-8-11(7-6-9(10)2)17-14-19-12(15)18-13(16)20-14/h4-8H,3H2,1-2H3,(H,17,18,19,20)/b5-4-. The van der Waals surface area contributed by atoms with Crippen LogP contribution in [0, 0.1) is 6.92 Å². The van der Waals surface area contributed by atoms with E-state index in [1.54, 1.807) is 0 Å². The Morgan fingerprint density at radius 3 is 2.50 bits per heavy atom. The molecule has 0 aliphatic rings. The fourth-order valence-corrected chi connectivity index (χ4v) is 2.02. The predicted octanol–water partition coefficient (Wildman–Crippen LogP) is 4.65. The van der Waals surface area contributed by atoms with E-state index in [-0.39, 0.29) is 10.6 Å². The number of halogens is 2. The molecule has 6 heteroatoms. The van der Waals surface area contributed by atoms with E-state index >= 15 is 0 Å². The summed E-state index contributed by atoms with van der Waals surface area (Å²) in [6.45, 7) is 4.17. The van der Waals surface area contributed by atoms with Gasteiger partial charge < -0.3 is 5.32 Å². The highest BCUT2D eigenvalue weighted by Crippen LogP contribution is 2.20. The maximum absolute atomic E-state index is 5.74. The average molecular weight is 309 g/mol. The summed E-state index contributed by atoms with van der Waals surface area (Å²) in [7, 11) is 0. The molecule has 0 saturated heterocycles. The van der Waals surface area contributed by atoms with Crippen LogP contribution in [-0.4, -0.2) is 15.0 Å². The van der Waals surface area contributed by atoms with Gasteiger partial charge in [0.15, 0.2) is 0 Å². The van der Waals surface area contributed by atoms with Gasteiger partial charge in [-0.05, 0) is 59.8 Å². The van der Waals surface area contributed by atoms with Gasteiger partial charge in [-0.25, -0.2) is 0 Å². The van der Waals surface area contributed by atoms with Crippen molar-refractivity contribution in [2.75, 3.05) is 5.32 Å². The number of aryl methyl sites for hydroxylation is 1. The molecule has 0 bridgehead atoms. The van der Waals surface area contributed by atoms with Crippen molar-refractivity contribution < 1.29 is 0 Å². The average Bonchev–Trinajstić information content (AvgIpc) is 2.38. The zero-order valence-electron chi connectivity index (χ0n) is 11.2. The minimum Gasteiger partial charge on any atom is -0.324 e. The van der Waals surface area contributed by atoms with Crippen molar-refractivity contribution in [3.8, 4) is 0 Å². The molecule has 0 aliphatic carbocycles. The second kappa shape index (κ2) is 6.68. The van der Waals surface area contributed by atoms with Gasteiger partial charge in [0.05, 0.1) is 0 Å². The molecule has 4 nitrogen and oxygen atoms in total. The molecule has 0 radical (unpaired) electrons. The van der Waals surface area contributed by atoms with Crippen molar-refractivity contribution in [2.24, 2.45) is 0 Å². The van der Waals surface area contributed by atoms with E-state index in [1.807, 2.05) is 18.2 Å². The van der Waals surface area contributed by atoms with Gasteiger partial charge in [0.25, 0.3) is 0 Å². The second-order valence-corrected chi connectivity index (χ2v) is 4.88. The summed E-state index contributed by atoms with van der Waals surface area (Å²) >= 11 is 11.5. The zero-order chi connectivity index (χ0) is 14.5. The van der Waals surface area contributed by atoms with E-state index in [0.29, 0.717) is 5.95 Å². The summed E-state index contributed by atoms with van der Waals surface area (Å²) in [5.41, 5.74) is 3.21. The monoisotopic (exact) mass is 308 g/mol. The summed E-state index contributed by atoms with van der Waals surface area (Å²) in [6, 6.07) is 6.00. The zero-order valence-corrected chi connectivity index (χ0v) is 12.7. The van der Waals surface area contributed by atoms with Crippen LogP contribution in [0.25, 0.3) is 6.08 Å². The quantitative estimate of drug-likeness (QED) is 0.893. The highest BCUT2D eigenvalue weighted by molar-refractivity contribution is 6.31. The molecule has 1 heterocycles. The van der Waals surface area contributed by atoms with Crippen molar-refractivity contribution in [1.29, 1.82) is 0 Å². The number of benzene rings is 1. The van der Waals surface area contributed by atoms with E-state index in [1.165, 1.54) is 5.56 Å². The summed E-state index contributed by atoms with van der Waals surface area (Å²) in [5.74, 6) is 0.323. The minimum absolute atomic E-state index is 0.0608. The van der Waals surface area contributed by atoms with Crippen molar-refractivity contribution in [1.82, 2.24) is 15.0 Å². The van der Waals surface area contributed by atoms with Crippen LogP contribution in [0.15, 0.2) is 24.3 Å². The largest absolute Gasteiger partial charge is 0.324 e. The number of hydrogen-bond donors (Lipinski definition) is 1. The SMILES string of the molecule is CC/C=C\c1cc(Nc2nc(Cl)nc(Cl)n2)ccc1C. The van der Waals surface area contributed by atoms with E-state index < -0.39 is 0 Å². The molecule has 0 saturated carbocycles. The first-order valence-corrected chi connectivity index (χ1v) is 6.95. The van der Waals surface area contributed by atoms with Crippen LogP contribution in [0.2, 0.25) is 10.6 Å². The van der Waals surface area contributed by atoms with Gasteiger partial charge in [0.1, 0.15) is 0 Å². The van der Waals surface area contributed by atoms with Crippen LogP contribution in [0.4, 0.5) is 11.6 Å². The summed E-state index contributed by atoms with van der Waals surface area (Å²) in [5, 5.41) is 3.19. The lowest BCUT2D eigenvalue weighted by Gasteiger charge is -2.08. The van der Waals surface area contributed by atoms with Gasteiger partial charge in [-0.3, -0.25) is 0 Å². The smallest absolute Gasteiger partial charge is 0.232 e. The minimum atomic E-state index is 0.0608. The summed E-state index contributed by atoms with van der Waals surface area (Å²) in [6.07, 6.45) is 5.20. The van der Waals surface area contributed by atoms with E-state index in [2.05, 4.69) is 46.3 Å². The summed E-state index contributed by atoms with van der Waals surface area (Å²) in [4.78, 5) is 11.7. The van der Waals surface area contributed by atoms with Gasteiger partial charge in [-0.2, -0.15) is 15.0 Å². The Morgan fingerprint density at radius 2 is 1.85 bits per heavy atom. The van der Waals surface area contributed by atoms with Crippen LogP contribution < -0.4 is 5.32 Å². The third-order valence-electron chi connectivity index (χ3n) is 2.65. The Morgan fingerprint density at radius 1 is 1.15 bits per heavy atom. The van der Waals surface area contributed by atoms with Crippen LogP contribution in [-0.2, 0) is 0 Å². The molecule has 1 N–H and O–H groups in total. The second-order valence-electron chi connectivity index (χ2n) is 4.20. The third kappa shape index (κ3) is 3.92. The van der Waals surface area contributed by atoms with E-state index in [0.717, 1.165) is 17.7 Å². The Labute approximate surface area is 127 Å². The van der Waals surface area contributed by atoms with Crippen molar-refractivity contribution in [3.63, 3.8) is 0 Å². The van der Waals surface area contributed by atoms with Gasteiger partial charge in [0, 0.05) is 5.69 Å². The molecule has 2 rings (SSSR count). The molecule has 1 aromatic heterocycles. The molecule has 20 heavy (non-hydrogen) atoms. The molecule has 0 unspecified atom stereocenters. The number of allylic oxidation sites excluding steroid dienone is 1. The molecular weight excluding hydrogens is 295 g/mol. The number of nitrogens with zero attached hydrogens (tertiary/aromatic N) is 3. The third-order valence-corrected chi connectivity index (χ3v) is 2.99. The van der Waals surface area contributed by atoms with Crippen LogP contribution in [0.5, 0.6) is 0 Å². The Bertz CT molecular complexity index is 621.